The number of hydrogen-bond donors (Lipinski definition) is 1. The van der Waals surface area contributed by atoms with Crippen molar-refractivity contribution >= 4 is 11.4 Å². The smallest absolute Gasteiger partial charge is 0.0613 e. The van der Waals surface area contributed by atoms with E-state index in [1.54, 1.807) is 0 Å². The van der Waals surface area contributed by atoms with Crippen LogP contribution in [0.2, 0.25) is 0 Å². The third-order valence-electron chi connectivity index (χ3n) is 2.53. The molecule has 0 bridgehead atoms. The first-order chi connectivity index (χ1) is 6.18. The minimum atomic E-state index is 0.580. The first-order valence-corrected chi connectivity index (χ1v) is 4.74. The largest absolute Gasteiger partial charge is 0.380 e. The number of benzene rings is 1. The summed E-state index contributed by atoms with van der Waals surface area (Å²) in [4.78, 5) is 2.16. The summed E-state index contributed by atoms with van der Waals surface area (Å²) < 4.78 is 0. The molecule has 70 valence electrons. The normalized spacial score (nSPS) is 19.5. The number of rotatable bonds is 1. The molecule has 2 rings (SSSR count). The Bertz CT molecular complexity index is 318. The predicted molar refractivity (Wildman–Crippen MR) is 57.6 cm³/mol. The van der Waals surface area contributed by atoms with Crippen LogP contribution in [0, 0.1) is 0 Å². The van der Waals surface area contributed by atoms with Crippen LogP contribution in [-0.4, -0.2) is 20.1 Å². The molecule has 1 aliphatic rings. The predicted octanol–water partition coefficient (Wildman–Crippen LogP) is 2.11. The van der Waals surface area contributed by atoms with Crippen molar-refractivity contribution in [3.05, 3.63) is 23.8 Å². The molecule has 0 aliphatic carbocycles. The van der Waals surface area contributed by atoms with Crippen LogP contribution in [0.15, 0.2) is 18.2 Å². The molecule has 13 heavy (non-hydrogen) atoms. The van der Waals surface area contributed by atoms with Crippen molar-refractivity contribution in [1.29, 1.82) is 0 Å². The molecule has 0 spiro atoms. The maximum Gasteiger partial charge on any atom is 0.0613 e. The minimum absolute atomic E-state index is 0.580. The van der Waals surface area contributed by atoms with Crippen molar-refractivity contribution in [3.8, 4) is 0 Å². The molecule has 1 N–H and O–H groups in total. The standard InChI is InChI=1S/C11H16N2/c1-8-7-9-5-4-6-10(13(2)3)11(9)12-8/h4-6,8,12H,7H2,1-3H3. The van der Waals surface area contributed by atoms with Crippen LogP contribution in [-0.2, 0) is 6.42 Å². The van der Waals surface area contributed by atoms with Crippen LogP contribution in [0.3, 0.4) is 0 Å². The third-order valence-corrected chi connectivity index (χ3v) is 2.53. The molecule has 1 heterocycles. The zero-order valence-electron chi connectivity index (χ0n) is 8.46. The highest BCUT2D eigenvalue weighted by atomic mass is 15.1. The summed E-state index contributed by atoms with van der Waals surface area (Å²) in [6.07, 6.45) is 1.15. The summed E-state index contributed by atoms with van der Waals surface area (Å²) in [7, 11) is 4.17. The highest BCUT2D eigenvalue weighted by molar-refractivity contribution is 5.75. The highest BCUT2D eigenvalue weighted by Gasteiger charge is 2.19. The van der Waals surface area contributed by atoms with Gasteiger partial charge in [0.05, 0.1) is 11.4 Å². The SMILES string of the molecule is CC1Cc2cccc(N(C)C)c2N1. The van der Waals surface area contributed by atoms with Gasteiger partial charge in [0.1, 0.15) is 0 Å². The number of nitrogens with zero attached hydrogens (tertiary/aromatic N) is 1. The van der Waals surface area contributed by atoms with Crippen LogP contribution < -0.4 is 10.2 Å². The number of fused-ring (bicyclic) bond motifs is 1. The second-order valence-electron chi connectivity index (χ2n) is 3.96. The van der Waals surface area contributed by atoms with Gasteiger partial charge in [-0.25, -0.2) is 0 Å². The molecule has 1 aromatic rings. The van der Waals surface area contributed by atoms with Gasteiger partial charge < -0.3 is 10.2 Å². The third kappa shape index (κ3) is 1.37. The summed E-state index contributed by atoms with van der Waals surface area (Å²) in [6, 6.07) is 7.08. The van der Waals surface area contributed by atoms with E-state index in [2.05, 4.69) is 49.4 Å². The van der Waals surface area contributed by atoms with Crippen molar-refractivity contribution in [2.24, 2.45) is 0 Å². The minimum Gasteiger partial charge on any atom is -0.380 e. The molecule has 0 saturated carbocycles. The molecule has 2 heteroatoms. The Labute approximate surface area is 79.6 Å². The fourth-order valence-electron chi connectivity index (χ4n) is 1.92. The van der Waals surface area contributed by atoms with E-state index in [1.165, 1.54) is 16.9 Å². The van der Waals surface area contributed by atoms with Crippen molar-refractivity contribution in [1.82, 2.24) is 0 Å². The second kappa shape index (κ2) is 2.95. The monoisotopic (exact) mass is 176 g/mol. The lowest BCUT2D eigenvalue weighted by molar-refractivity contribution is 0.839. The molecular weight excluding hydrogens is 160 g/mol. The summed E-state index contributed by atoms with van der Waals surface area (Å²) in [5.74, 6) is 0. The second-order valence-corrected chi connectivity index (χ2v) is 3.96. The topological polar surface area (TPSA) is 15.3 Å². The van der Waals surface area contributed by atoms with Gasteiger partial charge in [-0.05, 0) is 25.0 Å². The molecule has 0 fully saturated rings. The van der Waals surface area contributed by atoms with Crippen molar-refractivity contribution in [2.75, 3.05) is 24.3 Å². The summed E-state index contributed by atoms with van der Waals surface area (Å²) >= 11 is 0. The molecule has 1 aromatic carbocycles. The van der Waals surface area contributed by atoms with Crippen LogP contribution in [0.5, 0.6) is 0 Å². The molecule has 0 amide bonds. The zero-order valence-corrected chi connectivity index (χ0v) is 8.46. The Morgan fingerprint density at radius 2 is 2.15 bits per heavy atom. The van der Waals surface area contributed by atoms with Gasteiger partial charge in [-0.2, -0.15) is 0 Å². The Kier molecular flexibility index (Phi) is 1.91. The fraction of sp³-hybridized carbons (Fsp3) is 0.455. The molecule has 1 atom stereocenters. The lowest BCUT2D eigenvalue weighted by Gasteiger charge is -2.17. The van der Waals surface area contributed by atoms with Crippen LogP contribution in [0.25, 0.3) is 0 Å². The number of anilines is 2. The summed E-state index contributed by atoms with van der Waals surface area (Å²) in [5, 5.41) is 3.51. The van der Waals surface area contributed by atoms with E-state index < -0.39 is 0 Å². The van der Waals surface area contributed by atoms with Gasteiger partial charge >= 0.3 is 0 Å². The lowest BCUT2D eigenvalue weighted by atomic mass is 10.1. The maximum atomic E-state index is 3.51. The quantitative estimate of drug-likeness (QED) is 0.705. The van der Waals surface area contributed by atoms with Gasteiger partial charge in [0.2, 0.25) is 0 Å². The van der Waals surface area contributed by atoms with Crippen molar-refractivity contribution < 1.29 is 0 Å². The lowest BCUT2D eigenvalue weighted by Crippen LogP contribution is -2.13. The average molecular weight is 176 g/mol. The summed E-state index contributed by atoms with van der Waals surface area (Å²) in [6.45, 7) is 2.22. The van der Waals surface area contributed by atoms with E-state index in [9.17, 15) is 0 Å². The number of nitrogens with one attached hydrogen (secondary N) is 1. The Morgan fingerprint density at radius 3 is 2.85 bits per heavy atom. The highest BCUT2D eigenvalue weighted by Crippen LogP contribution is 2.34. The van der Waals surface area contributed by atoms with Gasteiger partial charge in [-0.1, -0.05) is 12.1 Å². The van der Waals surface area contributed by atoms with Crippen molar-refractivity contribution in [2.45, 2.75) is 19.4 Å². The zero-order chi connectivity index (χ0) is 9.42. The molecule has 0 aromatic heterocycles. The fourth-order valence-corrected chi connectivity index (χ4v) is 1.92. The maximum absolute atomic E-state index is 3.51. The van der Waals surface area contributed by atoms with Gasteiger partial charge in [0, 0.05) is 20.1 Å². The summed E-state index contributed by atoms with van der Waals surface area (Å²) in [5.41, 5.74) is 4.06. The first kappa shape index (κ1) is 8.42. The van der Waals surface area contributed by atoms with Gasteiger partial charge in [-0.15, -0.1) is 0 Å². The van der Waals surface area contributed by atoms with E-state index in [-0.39, 0.29) is 0 Å². The van der Waals surface area contributed by atoms with E-state index >= 15 is 0 Å². The van der Waals surface area contributed by atoms with Crippen LogP contribution >= 0.6 is 0 Å². The number of para-hydroxylation sites is 1. The molecule has 1 unspecified atom stereocenters. The van der Waals surface area contributed by atoms with E-state index in [1.807, 2.05) is 0 Å². The first-order valence-electron chi connectivity index (χ1n) is 4.74. The molecule has 0 saturated heterocycles. The van der Waals surface area contributed by atoms with Crippen LogP contribution in [0.1, 0.15) is 12.5 Å². The Hall–Kier alpha value is -1.18. The van der Waals surface area contributed by atoms with E-state index in [4.69, 9.17) is 0 Å². The Balaban J connectivity index is 2.45. The molecular formula is C11H16N2. The molecule has 0 radical (unpaired) electrons. The van der Waals surface area contributed by atoms with Crippen LogP contribution in [0.4, 0.5) is 11.4 Å². The van der Waals surface area contributed by atoms with Gasteiger partial charge in [-0.3, -0.25) is 0 Å². The van der Waals surface area contributed by atoms with Gasteiger partial charge in [0.25, 0.3) is 0 Å². The molecule has 2 nitrogen and oxygen atoms in total. The van der Waals surface area contributed by atoms with Crippen molar-refractivity contribution in [3.63, 3.8) is 0 Å². The average Bonchev–Trinajstić information content (AvgIpc) is 2.43. The van der Waals surface area contributed by atoms with E-state index in [0.29, 0.717) is 6.04 Å². The Morgan fingerprint density at radius 1 is 1.38 bits per heavy atom. The molecule has 1 aliphatic heterocycles. The number of hydrogen-bond acceptors (Lipinski definition) is 2. The van der Waals surface area contributed by atoms with E-state index in [0.717, 1.165) is 6.42 Å². The van der Waals surface area contributed by atoms with Gasteiger partial charge in [0.15, 0.2) is 0 Å².